The molecule has 1 fully saturated rings. The Kier molecular flexibility index (Phi) is 7.54. The van der Waals surface area contributed by atoms with Gasteiger partial charge in [-0.15, -0.1) is 12.4 Å². The number of benzene rings is 1. The summed E-state index contributed by atoms with van der Waals surface area (Å²) < 4.78 is 0. The predicted molar refractivity (Wildman–Crippen MR) is 91.0 cm³/mol. The second kappa shape index (κ2) is 8.42. The lowest BCUT2D eigenvalue weighted by Crippen LogP contribution is -2.45. The average molecular weight is 373 g/mol. The first-order valence-electron chi connectivity index (χ1n) is 6.38. The summed E-state index contributed by atoms with van der Waals surface area (Å²) in [6.07, 6.45) is 2.02. The van der Waals surface area contributed by atoms with E-state index in [0.717, 1.165) is 25.9 Å². The number of nitrogens with one attached hydrogen (secondary N) is 1. The highest BCUT2D eigenvalue weighted by Crippen LogP contribution is 2.33. The highest BCUT2D eigenvalue weighted by Gasteiger charge is 2.19. The van der Waals surface area contributed by atoms with Crippen molar-refractivity contribution in [3.8, 4) is 0 Å². The molecule has 8 heteroatoms. The van der Waals surface area contributed by atoms with Crippen molar-refractivity contribution < 1.29 is 4.79 Å². The molecule has 0 spiro atoms. The van der Waals surface area contributed by atoms with Gasteiger partial charge in [-0.3, -0.25) is 9.69 Å². The largest absolute Gasteiger partial charge is 0.327 e. The third kappa shape index (κ3) is 5.47. The smallest absolute Gasteiger partial charge is 0.238 e. The van der Waals surface area contributed by atoms with Crippen LogP contribution in [-0.2, 0) is 4.79 Å². The number of rotatable bonds is 3. The Morgan fingerprint density at radius 2 is 1.95 bits per heavy atom. The van der Waals surface area contributed by atoms with Gasteiger partial charge in [0.1, 0.15) is 0 Å². The fourth-order valence-corrected chi connectivity index (χ4v) is 3.19. The van der Waals surface area contributed by atoms with Gasteiger partial charge in [0.15, 0.2) is 0 Å². The second-order valence-electron chi connectivity index (χ2n) is 4.93. The van der Waals surface area contributed by atoms with Crippen LogP contribution in [0.1, 0.15) is 12.8 Å². The number of carbonyl (C=O) groups excluding carboxylic acids is 1. The van der Waals surface area contributed by atoms with Crippen molar-refractivity contribution in [3.63, 3.8) is 0 Å². The normalized spacial score (nSPS) is 19.0. The standard InChI is InChI=1S/C13H16Cl3N3O.ClH/c14-8-4-10(15)13(11(16)5-8)18-12(20)7-19-3-1-2-9(17)6-19;/h4-5,9H,1-3,6-7,17H2,(H,18,20);1H. The molecule has 1 saturated heterocycles. The molecule has 1 heterocycles. The van der Waals surface area contributed by atoms with E-state index in [2.05, 4.69) is 5.32 Å². The first-order valence-corrected chi connectivity index (χ1v) is 7.51. The molecule has 1 aliphatic heterocycles. The maximum atomic E-state index is 12.0. The van der Waals surface area contributed by atoms with Gasteiger partial charge in [0.05, 0.1) is 22.3 Å². The van der Waals surface area contributed by atoms with E-state index in [-0.39, 0.29) is 30.9 Å². The number of likely N-dealkylation sites (tertiary alicyclic amines) is 1. The monoisotopic (exact) mass is 371 g/mol. The van der Waals surface area contributed by atoms with Gasteiger partial charge in [-0.1, -0.05) is 34.8 Å². The lowest BCUT2D eigenvalue weighted by atomic mass is 10.1. The lowest BCUT2D eigenvalue weighted by Gasteiger charge is -2.30. The maximum Gasteiger partial charge on any atom is 0.238 e. The summed E-state index contributed by atoms with van der Waals surface area (Å²) in [5, 5.41) is 3.80. The van der Waals surface area contributed by atoms with Crippen molar-refractivity contribution in [1.29, 1.82) is 0 Å². The maximum absolute atomic E-state index is 12.0. The van der Waals surface area contributed by atoms with E-state index in [1.807, 2.05) is 4.90 Å². The molecule has 118 valence electrons. The van der Waals surface area contributed by atoms with Gasteiger partial charge in [0.2, 0.25) is 5.91 Å². The van der Waals surface area contributed by atoms with Crippen LogP contribution in [0.5, 0.6) is 0 Å². The van der Waals surface area contributed by atoms with Crippen LogP contribution in [0.25, 0.3) is 0 Å². The van der Waals surface area contributed by atoms with Gasteiger partial charge < -0.3 is 11.1 Å². The van der Waals surface area contributed by atoms with Crippen molar-refractivity contribution >= 4 is 58.8 Å². The number of nitrogens with two attached hydrogens (primary N) is 1. The summed E-state index contributed by atoms with van der Waals surface area (Å²) >= 11 is 17.9. The van der Waals surface area contributed by atoms with E-state index in [0.29, 0.717) is 20.8 Å². The number of carbonyl (C=O) groups is 1. The number of nitrogens with zero attached hydrogens (tertiary/aromatic N) is 1. The zero-order valence-corrected chi connectivity index (χ0v) is 14.3. The van der Waals surface area contributed by atoms with Crippen LogP contribution in [0.3, 0.4) is 0 Å². The van der Waals surface area contributed by atoms with Crippen molar-refractivity contribution in [2.45, 2.75) is 18.9 Å². The third-order valence-corrected chi connectivity index (χ3v) is 3.99. The molecule has 0 bridgehead atoms. The molecule has 0 saturated carbocycles. The molecular weight excluding hydrogens is 356 g/mol. The molecule has 0 radical (unpaired) electrons. The summed E-state index contributed by atoms with van der Waals surface area (Å²) in [5.74, 6) is -0.162. The van der Waals surface area contributed by atoms with Gasteiger partial charge in [0.25, 0.3) is 0 Å². The molecule has 21 heavy (non-hydrogen) atoms. The van der Waals surface area contributed by atoms with Crippen molar-refractivity contribution in [1.82, 2.24) is 4.90 Å². The summed E-state index contributed by atoms with van der Waals surface area (Å²) in [4.78, 5) is 14.1. The molecule has 1 aromatic rings. The number of hydrogen-bond donors (Lipinski definition) is 2. The molecule has 2 rings (SSSR count). The van der Waals surface area contributed by atoms with Crippen molar-refractivity contribution in [3.05, 3.63) is 27.2 Å². The Labute approximate surface area is 145 Å². The molecule has 0 aromatic heterocycles. The van der Waals surface area contributed by atoms with Crippen LogP contribution >= 0.6 is 47.2 Å². The molecule has 1 unspecified atom stereocenters. The quantitative estimate of drug-likeness (QED) is 0.854. The topological polar surface area (TPSA) is 58.4 Å². The van der Waals surface area contributed by atoms with Gasteiger partial charge in [0, 0.05) is 17.6 Å². The summed E-state index contributed by atoms with van der Waals surface area (Å²) in [5.41, 5.74) is 6.28. The molecule has 4 nitrogen and oxygen atoms in total. The molecule has 1 aliphatic rings. The molecule has 1 atom stereocenters. The number of hydrogen-bond acceptors (Lipinski definition) is 3. The fourth-order valence-electron chi connectivity index (χ4n) is 2.28. The average Bonchev–Trinajstić information content (AvgIpc) is 2.33. The SMILES string of the molecule is Cl.NC1CCCN(CC(=O)Nc2c(Cl)cc(Cl)cc2Cl)C1. The minimum absolute atomic E-state index is 0. The van der Waals surface area contributed by atoms with Crippen LogP contribution in [0.4, 0.5) is 5.69 Å². The summed E-state index contributed by atoms with van der Waals surface area (Å²) in [7, 11) is 0. The van der Waals surface area contributed by atoms with E-state index in [4.69, 9.17) is 40.5 Å². The number of anilines is 1. The Bertz CT molecular complexity index is 489. The van der Waals surface area contributed by atoms with Crippen molar-refractivity contribution in [2.24, 2.45) is 5.73 Å². The number of halogens is 4. The molecule has 0 aliphatic carbocycles. The molecule has 1 amide bonds. The van der Waals surface area contributed by atoms with E-state index in [1.165, 1.54) is 0 Å². The van der Waals surface area contributed by atoms with E-state index in [9.17, 15) is 4.79 Å². The van der Waals surface area contributed by atoms with Gasteiger partial charge in [-0.2, -0.15) is 0 Å². The highest BCUT2D eigenvalue weighted by atomic mass is 35.5. The third-order valence-electron chi connectivity index (χ3n) is 3.18. The molecule has 1 aromatic carbocycles. The zero-order valence-electron chi connectivity index (χ0n) is 11.2. The van der Waals surface area contributed by atoms with E-state index < -0.39 is 0 Å². The first-order chi connectivity index (χ1) is 9.45. The van der Waals surface area contributed by atoms with Crippen LogP contribution < -0.4 is 11.1 Å². The van der Waals surface area contributed by atoms with Crippen LogP contribution in [0.15, 0.2) is 12.1 Å². The predicted octanol–water partition coefficient (Wildman–Crippen LogP) is 3.43. The summed E-state index contributed by atoms with van der Waals surface area (Å²) in [6, 6.07) is 3.22. The van der Waals surface area contributed by atoms with Gasteiger partial charge >= 0.3 is 0 Å². The van der Waals surface area contributed by atoms with Gasteiger partial charge in [-0.05, 0) is 31.5 Å². The van der Waals surface area contributed by atoms with Crippen LogP contribution in [0, 0.1) is 0 Å². The van der Waals surface area contributed by atoms with E-state index in [1.54, 1.807) is 12.1 Å². The number of amides is 1. The lowest BCUT2D eigenvalue weighted by molar-refractivity contribution is -0.117. The minimum atomic E-state index is -0.162. The molecular formula is C13H17Cl4N3O. The van der Waals surface area contributed by atoms with Crippen LogP contribution in [0.2, 0.25) is 15.1 Å². The highest BCUT2D eigenvalue weighted by molar-refractivity contribution is 6.42. The second-order valence-corrected chi connectivity index (χ2v) is 6.18. The number of piperidine rings is 1. The Morgan fingerprint density at radius 3 is 2.52 bits per heavy atom. The Morgan fingerprint density at radius 1 is 1.33 bits per heavy atom. The zero-order chi connectivity index (χ0) is 14.7. The fraction of sp³-hybridized carbons (Fsp3) is 0.462. The molecule has 3 N–H and O–H groups in total. The van der Waals surface area contributed by atoms with E-state index >= 15 is 0 Å². The Balaban J connectivity index is 0.00000220. The van der Waals surface area contributed by atoms with Gasteiger partial charge in [-0.25, -0.2) is 0 Å². The summed E-state index contributed by atoms with van der Waals surface area (Å²) in [6.45, 7) is 1.89. The van der Waals surface area contributed by atoms with Crippen molar-refractivity contribution in [2.75, 3.05) is 25.0 Å². The van der Waals surface area contributed by atoms with Crippen LogP contribution in [-0.4, -0.2) is 36.5 Å². The Hall–Kier alpha value is -0.230. The minimum Gasteiger partial charge on any atom is -0.327 e. The first kappa shape index (κ1) is 18.8.